The monoisotopic (exact) mass is 345 g/mol. The van der Waals surface area contributed by atoms with Gasteiger partial charge in [-0.15, -0.1) is 0 Å². The maximum absolute atomic E-state index is 12.4. The lowest BCUT2D eigenvalue weighted by Crippen LogP contribution is -2.36. The van der Waals surface area contributed by atoms with Gasteiger partial charge in [-0.1, -0.05) is 18.2 Å². The average Bonchev–Trinajstić information content (AvgIpc) is 3.12. The van der Waals surface area contributed by atoms with Crippen LogP contribution in [0.3, 0.4) is 0 Å². The van der Waals surface area contributed by atoms with E-state index in [1.54, 1.807) is 16.7 Å². The van der Waals surface area contributed by atoms with E-state index in [1.807, 2.05) is 36.4 Å². The Bertz CT molecular complexity index is 1110. The summed E-state index contributed by atoms with van der Waals surface area (Å²) >= 11 is 0. The summed E-state index contributed by atoms with van der Waals surface area (Å²) in [6, 6.07) is 15.4. The number of anilines is 1. The maximum Gasteiger partial charge on any atom is 0.259 e. The Morgan fingerprint density at radius 3 is 2.88 bits per heavy atom. The minimum Gasteiger partial charge on any atom is -0.356 e. The lowest BCUT2D eigenvalue weighted by molar-refractivity contribution is 0.492. The van der Waals surface area contributed by atoms with E-state index in [4.69, 9.17) is 4.98 Å². The molecule has 6 nitrogen and oxygen atoms in total. The van der Waals surface area contributed by atoms with Crippen molar-refractivity contribution >= 4 is 22.5 Å². The number of pyridine rings is 1. The summed E-state index contributed by atoms with van der Waals surface area (Å²) in [6.45, 7) is 1.72. The number of rotatable bonds is 2. The Kier molecular flexibility index (Phi) is 3.48. The molecule has 26 heavy (non-hydrogen) atoms. The first-order chi connectivity index (χ1) is 12.8. The average molecular weight is 345 g/mol. The van der Waals surface area contributed by atoms with Gasteiger partial charge in [0.15, 0.2) is 0 Å². The van der Waals surface area contributed by atoms with Crippen molar-refractivity contribution in [1.82, 2.24) is 19.4 Å². The van der Waals surface area contributed by atoms with Gasteiger partial charge in [-0.2, -0.15) is 0 Å². The van der Waals surface area contributed by atoms with Crippen molar-refractivity contribution in [1.29, 1.82) is 0 Å². The van der Waals surface area contributed by atoms with E-state index in [0.717, 1.165) is 48.6 Å². The molecule has 1 aliphatic rings. The van der Waals surface area contributed by atoms with Gasteiger partial charge in [-0.25, -0.2) is 9.97 Å². The molecule has 0 radical (unpaired) electrons. The van der Waals surface area contributed by atoms with E-state index in [-0.39, 0.29) is 5.56 Å². The minimum absolute atomic E-state index is 0.0449. The van der Waals surface area contributed by atoms with Crippen LogP contribution in [0.4, 0.5) is 5.82 Å². The summed E-state index contributed by atoms with van der Waals surface area (Å²) in [5, 5.41) is 0. The molecule has 1 N–H and O–H groups in total. The van der Waals surface area contributed by atoms with Gasteiger partial charge in [0, 0.05) is 31.3 Å². The van der Waals surface area contributed by atoms with E-state index >= 15 is 0 Å². The van der Waals surface area contributed by atoms with Crippen molar-refractivity contribution in [2.24, 2.45) is 0 Å². The van der Waals surface area contributed by atoms with Gasteiger partial charge in [0.2, 0.25) is 0 Å². The third-order valence-electron chi connectivity index (χ3n) is 5.10. The second-order valence-electron chi connectivity index (χ2n) is 6.81. The number of hydrogen-bond donors (Lipinski definition) is 1. The number of aromatic nitrogens is 4. The molecule has 6 heteroatoms. The fraction of sp³-hybridized carbons (Fsp3) is 0.250. The SMILES string of the molecule is O=c1cc(N2CCC[C@@H](c3nc4ccccc4[nH]3)C2)nc2ccccn12. The van der Waals surface area contributed by atoms with Crippen molar-refractivity contribution < 1.29 is 0 Å². The van der Waals surface area contributed by atoms with Crippen molar-refractivity contribution in [2.75, 3.05) is 18.0 Å². The highest BCUT2D eigenvalue weighted by Gasteiger charge is 2.25. The quantitative estimate of drug-likeness (QED) is 0.607. The zero-order valence-electron chi connectivity index (χ0n) is 14.3. The van der Waals surface area contributed by atoms with E-state index in [2.05, 4.69) is 20.9 Å². The first-order valence-corrected chi connectivity index (χ1v) is 8.96. The maximum atomic E-state index is 12.4. The van der Waals surface area contributed by atoms with E-state index in [1.165, 1.54) is 0 Å². The van der Waals surface area contributed by atoms with Crippen LogP contribution < -0.4 is 10.5 Å². The number of hydrogen-bond acceptors (Lipinski definition) is 4. The van der Waals surface area contributed by atoms with Crippen molar-refractivity contribution in [3.8, 4) is 0 Å². The van der Waals surface area contributed by atoms with Crippen LogP contribution in [0.2, 0.25) is 0 Å². The lowest BCUT2D eigenvalue weighted by atomic mass is 9.97. The van der Waals surface area contributed by atoms with E-state index in [0.29, 0.717) is 11.6 Å². The molecule has 1 aliphatic heterocycles. The Morgan fingerprint density at radius 2 is 1.96 bits per heavy atom. The third kappa shape index (κ3) is 2.54. The van der Waals surface area contributed by atoms with E-state index < -0.39 is 0 Å². The Labute approximate surface area is 150 Å². The topological polar surface area (TPSA) is 66.3 Å². The van der Waals surface area contributed by atoms with Crippen molar-refractivity contribution in [2.45, 2.75) is 18.8 Å². The van der Waals surface area contributed by atoms with Gasteiger partial charge < -0.3 is 9.88 Å². The summed E-state index contributed by atoms with van der Waals surface area (Å²) in [7, 11) is 0. The van der Waals surface area contributed by atoms with Gasteiger partial charge in [0.05, 0.1) is 11.0 Å². The van der Waals surface area contributed by atoms with Gasteiger partial charge in [-0.3, -0.25) is 9.20 Å². The van der Waals surface area contributed by atoms with Crippen LogP contribution in [0.1, 0.15) is 24.6 Å². The molecule has 4 heterocycles. The van der Waals surface area contributed by atoms with E-state index in [9.17, 15) is 4.79 Å². The van der Waals surface area contributed by atoms with Crippen LogP contribution in [0.25, 0.3) is 16.7 Å². The molecule has 0 unspecified atom stereocenters. The van der Waals surface area contributed by atoms with Crippen LogP contribution in [0.15, 0.2) is 59.5 Å². The Hall–Kier alpha value is -3.15. The Balaban J connectivity index is 1.48. The summed E-state index contributed by atoms with van der Waals surface area (Å²) in [5.41, 5.74) is 2.71. The number of H-pyrrole nitrogens is 1. The van der Waals surface area contributed by atoms with Gasteiger partial charge in [-0.05, 0) is 37.1 Å². The fourth-order valence-corrected chi connectivity index (χ4v) is 3.78. The highest BCUT2D eigenvalue weighted by molar-refractivity contribution is 5.74. The number of benzene rings is 1. The van der Waals surface area contributed by atoms with Crippen LogP contribution in [-0.2, 0) is 0 Å². The molecule has 0 aliphatic carbocycles. The standard InChI is InChI=1S/C20H19N5O/c26-19-12-18(23-17-9-3-4-11-25(17)19)24-10-5-6-14(13-24)20-21-15-7-1-2-8-16(15)22-20/h1-4,7-9,11-12,14H,5-6,10,13H2,(H,21,22)/t14-/m1/s1. The fourth-order valence-electron chi connectivity index (χ4n) is 3.78. The number of aromatic amines is 1. The molecule has 1 aromatic carbocycles. The summed E-state index contributed by atoms with van der Waals surface area (Å²) in [6.07, 6.45) is 3.89. The molecule has 3 aromatic heterocycles. The molecule has 1 fully saturated rings. The molecule has 0 bridgehead atoms. The molecular formula is C20H19N5O. The molecule has 1 saturated heterocycles. The van der Waals surface area contributed by atoms with Crippen molar-refractivity contribution in [3.63, 3.8) is 0 Å². The normalized spacial score (nSPS) is 17.8. The summed E-state index contributed by atoms with van der Waals surface area (Å²) in [5.74, 6) is 2.09. The van der Waals surface area contributed by atoms with Gasteiger partial charge in [0.1, 0.15) is 17.3 Å². The first-order valence-electron chi connectivity index (χ1n) is 8.96. The Morgan fingerprint density at radius 1 is 1.08 bits per heavy atom. The number of imidazole rings is 1. The van der Waals surface area contributed by atoms with Crippen LogP contribution in [-0.4, -0.2) is 32.4 Å². The number of para-hydroxylation sites is 2. The lowest BCUT2D eigenvalue weighted by Gasteiger charge is -2.32. The number of nitrogens with zero attached hydrogens (tertiary/aromatic N) is 4. The highest BCUT2D eigenvalue weighted by atomic mass is 16.1. The third-order valence-corrected chi connectivity index (χ3v) is 5.10. The smallest absolute Gasteiger partial charge is 0.259 e. The summed E-state index contributed by atoms with van der Waals surface area (Å²) in [4.78, 5) is 27.5. The minimum atomic E-state index is -0.0449. The molecule has 130 valence electrons. The first kappa shape index (κ1) is 15.1. The molecule has 0 spiro atoms. The van der Waals surface area contributed by atoms with Crippen LogP contribution in [0.5, 0.6) is 0 Å². The molecule has 1 atom stereocenters. The van der Waals surface area contributed by atoms with Crippen molar-refractivity contribution in [3.05, 3.63) is 70.9 Å². The van der Waals surface area contributed by atoms with Gasteiger partial charge >= 0.3 is 0 Å². The number of nitrogens with one attached hydrogen (secondary N) is 1. The predicted molar refractivity (Wildman–Crippen MR) is 102 cm³/mol. The molecular weight excluding hydrogens is 326 g/mol. The highest BCUT2D eigenvalue weighted by Crippen LogP contribution is 2.28. The van der Waals surface area contributed by atoms with Crippen LogP contribution >= 0.6 is 0 Å². The van der Waals surface area contributed by atoms with Gasteiger partial charge in [0.25, 0.3) is 5.56 Å². The zero-order valence-corrected chi connectivity index (χ0v) is 14.3. The molecule has 5 rings (SSSR count). The second kappa shape index (κ2) is 5.98. The number of piperidine rings is 1. The number of fused-ring (bicyclic) bond motifs is 2. The zero-order chi connectivity index (χ0) is 17.5. The molecule has 0 amide bonds. The molecule has 4 aromatic rings. The largest absolute Gasteiger partial charge is 0.356 e. The summed E-state index contributed by atoms with van der Waals surface area (Å²) < 4.78 is 1.57. The predicted octanol–water partition coefficient (Wildman–Crippen LogP) is 2.95. The second-order valence-corrected chi connectivity index (χ2v) is 6.81. The molecule has 0 saturated carbocycles. The van der Waals surface area contributed by atoms with Crippen LogP contribution in [0, 0.1) is 0 Å².